The van der Waals surface area contributed by atoms with Gasteiger partial charge in [0.25, 0.3) is 11.2 Å². The summed E-state index contributed by atoms with van der Waals surface area (Å²) < 4.78 is 14.1. The van der Waals surface area contributed by atoms with Gasteiger partial charge in [-0.25, -0.2) is 4.79 Å². The Hall–Kier alpha value is -6.31. The summed E-state index contributed by atoms with van der Waals surface area (Å²) in [7, 11) is 1.92. The van der Waals surface area contributed by atoms with Gasteiger partial charge < -0.3 is 20.1 Å². The number of carbonyl (C=O) groups excluding carboxylic acids is 1. The van der Waals surface area contributed by atoms with E-state index in [1.54, 1.807) is 19.1 Å². The zero-order valence-corrected chi connectivity index (χ0v) is 30.3. The van der Waals surface area contributed by atoms with Gasteiger partial charge in [0.1, 0.15) is 11.8 Å². The van der Waals surface area contributed by atoms with Crippen molar-refractivity contribution in [2.24, 2.45) is 20.5 Å². The Morgan fingerprint density at radius 3 is 2.43 bits per heavy atom. The minimum Gasteiger partial charge on any atom is -0.390 e. The molecule has 3 atom stereocenters. The van der Waals surface area contributed by atoms with E-state index in [1.807, 2.05) is 62.2 Å². The lowest BCUT2D eigenvalue weighted by atomic mass is 10.1. The minimum absolute atomic E-state index is 0.00201. The summed E-state index contributed by atoms with van der Waals surface area (Å²) in [5.41, 5.74) is 3.84. The highest BCUT2D eigenvalue weighted by atomic mass is 16.6. The van der Waals surface area contributed by atoms with Crippen LogP contribution < -0.4 is 21.5 Å². The minimum atomic E-state index is -0.893. The van der Waals surface area contributed by atoms with E-state index in [4.69, 9.17) is 6.11 Å². The number of hydrogen-bond donors (Lipinski definition) is 3. The number of azo groups is 2. The summed E-state index contributed by atoms with van der Waals surface area (Å²) in [5.74, 6) is 5.19. The molecular formula is C38H41N9O7. The van der Waals surface area contributed by atoms with Crippen molar-refractivity contribution < 1.29 is 20.9 Å². The molecule has 1 aliphatic heterocycles. The molecule has 3 aromatic carbocycles. The number of carbonyl (C=O) groups is 1. The predicted octanol–water partition coefficient (Wildman–Crippen LogP) is 6.25. The monoisotopic (exact) mass is 736 g/mol. The number of nitro benzene ring substituents is 1. The molecular weight excluding hydrogens is 694 g/mol. The Morgan fingerprint density at radius 2 is 1.76 bits per heavy atom. The molecule has 1 aliphatic rings. The molecule has 0 bridgehead atoms. The number of aromatic amines is 1. The molecule has 1 saturated heterocycles. The first-order valence-corrected chi connectivity index (χ1v) is 17.1. The van der Waals surface area contributed by atoms with Crippen molar-refractivity contribution in [2.45, 2.75) is 65.4 Å². The van der Waals surface area contributed by atoms with Crippen molar-refractivity contribution in [1.82, 2.24) is 14.9 Å². The first-order valence-electron chi connectivity index (χ1n) is 17.8. The molecule has 2 heterocycles. The molecule has 16 nitrogen and oxygen atoms in total. The number of anilines is 1. The van der Waals surface area contributed by atoms with Gasteiger partial charge in [-0.3, -0.25) is 29.3 Å². The Morgan fingerprint density at radius 1 is 1.07 bits per heavy atom. The Labute approximate surface area is 312 Å². The number of aliphatic hydroxyl groups excluding tert-OH is 1. The van der Waals surface area contributed by atoms with E-state index in [2.05, 4.69) is 42.6 Å². The van der Waals surface area contributed by atoms with Crippen molar-refractivity contribution in [1.29, 1.82) is 0 Å². The van der Waals surface area contributed by atoms with Gasteiger partial charge >= 0.3 is 5.69 Å². The van der Waals surface area contributed by atoms with E-state index in [-0.39, 0.29) is 49.1 Å². The van der Waals surface area contributed by atoms with Gasteiger partial charge in [0.05, 0.1) is 40.7 Å². The van der Waals surface area contributed by atoms with Crippen LogP contribution in [-0.4, -0.2) is 57.8 Å². The number of aryl methyl sites for hydroxylation is 3. The second-order valence-electron chi connectivity index (χ2n) is 12.8. The predicted molar refractivity (Wildman–Crippen MR) is 202 cm³/mol. The van der Waals surface area contributed by atoms with Crippen LogP contribution in [0.15, 0.2) is 90.8 Å². The number of nitrogens with zero attached hydrogens (tertiary/aromatic N) is 7. The molecule has 4 aromatic rings. The van der Waals surface area contributed by atoms with Crippen LogP contribution in [0.25, 0.3) is 0 Å². The maximum absolute atomic E-state index is 12.4. The van der Waals surface area contributed by atoms with Crippen LogP contribution in [0.3, 0.4) is 0 Å². The number of ether oxygens (including phenoxy) is 1. The highest BCUT2D eigenvalue weighted by molar-refractivity contribution is 5.76. The number of amides is 1. The normalized spacial score (nSPS) is 17.0. The lowest BCUT2D eigenvalue weighted by molar-refractivity contribution is -0.384. The van der Waals surface area contributed by atoms with Crippen LogP contribution in [0.5, 0.6) is 0 Å². The van der Waals surface area contributed by atoms with E-state index in [9.17, 15) is 29.6 Å². The summed E-state index contributed by atoms with van der Waals surface area (Å²) in [4.78, 5) is 52.1. The average Bonchev–Trinajstić information content (AvgIpc) is 3.54. The third kappa shape index (κ3) is 9.97. The van der Waals surface area contributed by atoms with E-state index in [0.717, 1.165) is 26.9 Å². The molecule has 1 amide bonds. The zero-order valence-electron chi connectivity index (χ0n) is 31.3. The Bertz CT molecular complexity index is 2290. The molecule has 54 heavy (non-hydrogen) atoms. The van der Waals surface area contributed by atoms with Crippen LogP contribution >= 0.6 is 0 Å². The molecule has 3 unspecified atom stereocenters. The van der Waals surface area contributed by atoms with Crippen LogP contribution in [0.4, 0.5) is 34.1 Å². The van der Waals surface area contributed by atoms with Gasteiger partial charge in [0, 0.05) is 45.8 Å². The number of nitrogens with one attached hydrogen (secondary N) is 2. The number of nitro groups is 1. The molecule has 0 saturated carbocycles. The number of hydrogen-bond acceptors (Lipinski definition) is 12. The van der Waals surface area contributed by atoms with Crippen molar-refractivity contribution in [3.63, 3.8) is 0 Å². The SMILES string of the molecule is [2H]CC1OC(n2cc(C#CCNC(=O)CCCN(C)c3ccc(/N=N\c4cc(C)c(/N=N/c5ccc(C)cc5[N+](=O)[O-])cc4C)cc3)c(=O)[nH]c2=O)CC1O. The number of rotatable bonds is 12. The molecule has 16 heteroatoms. The summed E-state index contributed by atoms with van der Waals surface area (Å²) in [6.07, 6.45) is -0.249. The maximum Gasteiger partial charge on any atom is 0.330 e. The average molecular weight is 737 g/mol. The number of benzene rings is 3. The zero-order chi connectivity index (χ0) is 39.6. The number of H-pyrrole nitrogens is 1. The van der Waals surface area contributed by atoms with Crippen molar-refractivity contribution in [3.8, 4) is 11.8 Å². The molecule has 0 aliphatic carbocycles. The second-order valence-corrected chi connectivity index (χ2v) is 12.8. The molecule has 1 fully saturated rings. The maximum atomic E-state index is 12.4. The first-order chi connectivity index (χ1) is 26.3. The standard InChI is InChI=1S/C38H41N9O7/c1-23-10-15-30(33(18-23)47(52)53)42-44-32-20-24(2)31(19-25(32)3)43-41-28-11-13-29(14-12-28)45(5)17-7-9-35(49)39-16-6-8-27-22-46(38(51)40-37(27)50)36-21-34(48)26(4)54-36/h10-15,18-20,22,26,34,36,48H,7,9,16-17,21H2,1-5H3,(H,39,49)(H,40,50,51)/b43-41-,44-42+/i4D. The van der Waals surface area contributed by atoms with Crippen molar-refractivity contribution >= 4 is 40.0 Å². The summed E-state index contributed by atoms with van der Waals surface area (Å²) in [6.45, 7) is 5.94. The Kier molecular flexibility index (Phi) is 12.1. The van der Waals surface area contributed by atoms with Gasteiger partial charge in [-0.2, -0.15) is 15.3 Å². The molecule has 0 spiro atoms. The van der Waals surface area contributed by atoms with E-state index in [0.29, 0.717) is 30.0 Å². The lowest BCUT2D eigenvalue weighted by Gasteiger charge is -2.19. The first kappa shape index (κ1) is 37.4. The van der Waals surface area contributed by atoms with Crippen molar-refractivity contribution in [3.05, 3.63) is 114 Å². The van der Waals surface area contributed by atoms with Crippen LogP contribution in [0.2, 0.25) is 0 Å². The third-order valence-electron chi connectivity index (χ3n) is 8.65. The molecule has 1 aromatic heterocycles. The van der Waals surface area contributed by atoms with Gasteiger partial charge in [-0.05, 0) is 93.2 Å². The van der Waals surface area contributed by atoms with E-state index in [1.165, 1.54) is 12.3 Å². The van der Waals surface area contributed by atoms with Gasteiger partial charge in [0.15, 0.2) is 5.69 Å². The number of aromatic nitrogens is 2. The fourth-order valence-electron chi connectivity index (χ4n) is 5.51. The second kappa shape index (κ2) is 17.5. The van der Waals surface area contributed by atoms with Crippen molar-refractivity contribution in [2.75, 3.05) is 25.0 Å². The Balaban J connectivity index is 1.08. The molecule has 5 rings (SSSR count). The van der Waals surface area contributed by atoms with E-state index < -0.39 is 34.6 Å². The lowest BCUT2D eigenvalue weighted by Crippen LogP contribution is -2.33. The molecule has 3 N–H and O–H groups in total. The highest BCUT2D eigenvalue weighted by Crippen LogP contribution is 2.34. The fourth-order valence-corrected chi connectivity index (χ4v) is 5.51. The van der Waals surface area contributed by atoms with Gasteiger partial charge in [-0.1, -0.05) is 17.9 Å². The summed E-state index contributed by atoms with van der Waals surface area (Å²) in [5, 5.41) is 41.3. The number of aliphatic hydroxyl groups is 1. The largest absolute Gasteiger partial charge is 0.390 e. The third-order valence-corrected chi connectivity index (χ3v) is 8.65. The highest BCUT2D eigenvalue weighted by Gasteiger charge is 2.32. The molecule has 280 valence electrons. The van der Waals surface area contributed by atoms with Crippen LogP contribution in [0, 0.1) is 42.7 Å². The summed E-state index contributed by atoms with van der Waals surface area (Å²) >= 11 is 0. The quantitative estimate of drug-likeness (QED) is 0.0653. The molecule has 0 radical (unpaired) electrons. The van der Waals surface area contributed by atoms with Gasteiger partial charge in [0.2, 0.25) is 5.91 Å². The fraction of sp³-hybridized carbons (Fsp3) is 0.342. The van der Waals surface area contributed by atoms with Crippen LogP contribution in [0.1, 0.15) is 56.0 Å². The van der Waals surface area contributed by atoms with E-state index >= 15 is 0 Å². The topological polar surface area (TPSA) is 209 Å². The smallest absolute Gasteiger partial charge is 0.330 e. The summed E-state index contributed by atoms with van der Waals surface area (Å²) in [6, 6.07) is 15.9. The van der Waals surface area contributed by atoms with Gasteiger partial charge in [-0.15, -0.1) is 5.11 Å². The van der Waals surface area contributed by atoms with Crippen LogP contribution in [-0.2, 0) is 9.53 Å².